The van der Waals surface area contributed by atoms with Gasteiger partial charge in [-0.1, -0.05) is 19.6 Å². The lowest BCUT2D eigenvalue weighted by molar-refractivity contribution is 0.0250. The van der Waals surface area contributed by atoms with Gasteiger partial charge in [0.1, 0.15) is 12.0 Å². The van der Waals surface area contributed by atoms with Gasteiger partial charge in [0.15, 0.2) is 0 Å². The first-order valence-corrected chi connectivity index (χ1v) is 11.8. The van der Waals surface area contributed by atoms with Crippen molar-refractivity contribution < 1.29 is 9.47 Å². The minimum absolute atomic E-state index is 0.176. The smallest absolute Gasteiger partial charge is 0.328 e. The van der Waals surface area contributed by atoms with Crippen molar-refractivity contribution in [2.75, 3.05) is 13.7 Å². The molecule has 0 saturated carbocycles. The Labute approximate surface area is 139 Å². The summed E-state index contributed by atoms with van der Waals surface area (Å²) in [5.74, 6) is 0.689. The molecule has 5 nitrogen and oxygen atoms in total. The quantitative estimate of drug-likeness (QED) is 0.763. The number of aromatic amines is 1. The maximum atomic E-state index is 12.3. The Kier molecular flexibility index (Phi) is 5.19. The van der Waals surface area contributed by atoms with Gasteiger partial charge in [0.05, 0.1) is 22.6 Å². The van der Waals surface area contributed by atoms with Crippen molar-refractivity contribution in [2.45, 2.75) is 38.8 Å². The molecule has 2 aromatic rings. The maximum absolute atomic E-state index is 12.3. The first kappa shape index (κ1) is 17.3. The van der Waals surface area contributed by atoms with Crippen LogP contribution in [0.2, 0.25) is 25.7 Å². The van der Waals surface area contributed by atoms with Crippen LogP contribution >= 0.6 is 15.9 Å². The van der Waals surface area contributed by atoms with Crippen LogP contribution in [-0.2, 0) is 4.74 Å². The Balaban J connectivity index is 2.34. The van der Waals surface area contributed by atoms with E-state index in [0.29, 0.717) is 12.4 Å². The number of aromatic nitrogens is 2. The van der Waals surface area contributed by atoms with Crippen molar-refractivity contribution in [1.29, 1.82) is 0 Å². The van der Waals surface area contributed by atoms with Gasteiger partial charge in [0.25, 0.3) is 0 Å². The van der Waals surface area contributed by atoms with Crippen LogP contribution < -0.4 is 10.4 Å². The zero-order chi connectivity index (χ0) is 16.5. The predicted octanol–water partition coefficient (Wildman–Crippen LogP) is 3.97. The molecule has 1 aromatic carbocycles. The Bertz CT molecular complexity index is 718. The summed E-state index contributed by atoms with van der Waals surface area (Å²) in [5, 5.41) is 0. The molecule has 122 valence electrons. The van der Waals surface area contributed by atoms with Crippen molar-refractivity contribution in [1.82, 2.24) is 9.55 Å². The van der Waals surface area contributed by atoms with Crippen LogP contribution in [0.5, 0.6) is 5.75 Å². The fourth-order valence-electron chi connectivity index (χ4n) is 2.27. The minimum atomic E-state index is -1.15. The topological polar surface area (TPSA) is 56.2 Å². The largest absolute Gasteiger partial charge is 0.495 e. The van der Waals surface area contributed by atoms with Gasteiger partial charge < -0.3 is 14.5 Å². The lowest BCUT2D eigenvalue weighted by atomic mass is 10.3. The normalized spacial score (nSPS) is 13.5. The van der Waals surface area contributed by atoms with E-state index in [9.17, 15) is 4.79 Å². The number of methoxy groups -OCH3 is 1. The molecule has 7 heteroatoms. The van der Waals surface area contributed by atoms with Crippen LogP contribution in [0.25, 0.3) is 11.0 Å². The van der Waals surface area contributed by atoms with Gasteiger partial charge in [-0.2, -0.15) is 0 Å². The average molecular weight is 387 g/mol. The second-order valence-corrected chi connectivity index (χ2v) is 13.0. The molecule has 2 rings (SSSR count). The Morgan fingerprint density at radius 3 is 2.64 bits per heavy atom. The molecule has 22 heavy (non-hydrogen) atoms. The van der Waals surface area contributed by atoms with E-state index in [0.717, 1.165) is 21.6 Å². The molecule has 0 spiro atoms. The highest BCUT2D eigenvalue weighted by Crippen LogP contribution is 2.33. The first-order chi connectivity index (χ1) is 10.2. The predicted molar refractivity (Wildman–Crippen MR) is 95.6 cm³/mol. The lowest BCUT2D eigenvalue weighted by Gasteiger charge is -2.19. The summed E-state index contributed by atoms with van der Waals surface area (Å²) in [4.78, 5) is 15.1. The van der Waals surface area contributed by atoms with Crippen LogP contribution in [0, 0.1) is 0 Å². The number of hydrogen-bond acceptors (Lipinski definition) is 3. The molecular weight excluding hydrogens is 364 g/mol. The van der Waals surface area contributed by atoms with Crippen molar-refractivity contribution in [2.24, 2.45) is 0 Å². The Morgan fingerprint density at radius 2 is 2.05 bits per heavy atom. The summed E-state index contributed by atoms with van der Waals surface area (Å²) in [7, 11) is 0.455. The highest BCUT2D eigenvalue weighted by Gasteiger charge is 2.19. The SMILES string of the molecule is COc1ccc2[nH]c(=O)n(C(C)OCC[Si](C)(C)C)c2c1Br. The van der Waals surface area contributed by atoms with Gasteiger partial charge in [-0.25, -0.2) is 4.79 Å². The fourth-order valence-corrected chi connectivity index (χ4v) is 3.70. The molecule has 1 atom stereocenters. The van der Waals surface area contributed by atoms with Crippen LogP contribution in [-0.4, -0.2) is 31.3 Å². The van der Waals surface area contributed by atoms with Gasteiger partial charge in [0, 0.05) is 14.7 Å². The minimum Gasteiger partial charge on any atom is -0.495 e. The van der Waals surface area contributed by atoms with Crippen molar-refractivity contribution >= 4 is 35.0 Å². The summed E-state index contributed by atoms with van der Waals surface area (Å²) in [6.07, 6.45) is -0.332. The molecule has 0 saturated heterocycles. The van der Waals surface area contributed by atoms with E-state index < -0.39 is 8.07 Å². The van der Waals surface area contributed by atoms with Crippen LogP contribution in [0.15, 0.2) is 21.4 Å². The fraction of sp³-hybridized carbons (Fsp3) is 0.533. The van der Waals surface area contributed by atoms with Crippen molar-refractivity contribution in [3.63, 3.8) is 0 Å². The summed E-state index contributed by atoms with van der Waals surface area (Å²) >= 11 is 3.52. The lowest BCUT2D eigenvalue weighted by Crippen LogP contribution is -2.26. The van der Waals surface area contributed by atoms with Gasteiger partial charge >= 0.3 is 5.69 Å². The number of nitrogens with one attached hydrogen (secondary N) is 1. The average Bonchev–Trinajstić information content (AvgIpc) is 2.74. The number of hydrogen-bond donors (Lipinski definition) is 1. The van der Waals surface area contributed by atoms with Gasteiger partial charge in [-0.05, 0) is 41.0 Å². The number of halogens is 1. The highest BCUT2D eigenvalue weighted by atomic mass is 79.9. The molecular formula is C15H23BrN2O3Si. The third kappa shape index (κ3) is 3.64. The number of fused-ring (bicyclic) bond motifs is 1. The summed E-state index contributed by atoms with van der Waals surface area (Å²) in [5.41, 5.74) is 1.35. The molecule has 0 aliphatic rings. The number of H-pyrrole nitrogens is 1. The molecule has 1 heterocycles. The molecule has 0 amide bonds. The standard InChI is InChI=1S/C15H23BrN2O3Si/c1-10(21-8-9-22(3,4)5)18-14-11(17-15(18)19)6-7-12(20-2)13(14)16/h6-7,10H,8-9H2,1-5H3,(H,17,19). The van der Waals surface area contributed by atoms with Gasteiger partial charge in [0.2, 0.25) is 0 Å². The third-order valence-electron chi connectivity index (χ3n) is 3.58. The monoisotopic (exact) mass is 386 g/mol. The van der Waals surface area contributed by atoms with E-state index >= 15 is 0 Å². The molecule has 0 bridgehead atoms. The van der Waals surface area contributed by atoms with E-state index in [4.69, 9.17) is 9.47 Å². The number of benzene rings is 1. The highest BCUT2D eigenvalue weighted by molar-refractivity contribution is 9.10. The van der Waals surface area contributed by atoms with Crippen LogP contribution in [0.3, 0.4) is 0 Å². The summed E-state index contributed by atoms with van der Waals surface area (Å²) in [6, 6.07) is 4.73. The number of imidazole rings is 1. The molecule has 0 fully saturated rings. The maximum Gasteiger partial charge on any atom is 0.328 e. The first-order valence-electron chi connectivity index (χ1n) is 7.33. The van der Waals surface area contributed by atoms with Crippen LogP contribution in [0.4, 0.5) is 0 Å². The molecule has 0 aliphatic heterocycles. The van der Waals surface area contributed by atoms with Gasteiger partial charge in [-0.15, -0.1) is 0 Å². The molecule has 1 unspecified atom stereocenters. The van der Waals surface area contributed by atoms with Gasteiger partial charge in [-0.3, -0.25) is 4.57 Å². The second-order valence-electron chi connectivity index (χ2n) is 6.56. The second kappa shape index (κ2) is 6.60. The Hall–Kier alpha value is -1.05. The van der Waals surface area contributed by atoms with E-state index in [1.165, 1.54) is 0 Å². The van der Waals surface area contributed by atoms with Crippen LogP contribution in [0.1, 0.15) is 13.2 Å². The number of nitrogens with zero attached hydrogens (tertiary/aromatic N) is 1. The van der Waals surface area contributed by atoms with Crippen molar-refractivity contribution in [3.8, 4) is 5.75 Å². The van der Waals surface area contributed by atoms with Crippen molar-refractivity contribution in [3.05, 3.63) is 27.1 Å². The van der Waals surface area contributed by atoms with E-state index in [2.05, 4.69) is 40.6 Å². The molecule has 1 aromatic heterocycles. The molecule has 0 radical (unpaired) electrons. The summed E-state index contributed by atoms with van der Waals surface area (Å²) < 4.78 is 13.6. The molecule has 0 aliphatic carbocycles. The zero-order valence-electron chi connectivity index (χ0n) is 13.7. The zero-order valence-corrected chi connectivity index (χ0v) is 16.3. The van der Waals surface area contributed by atoms with E-state index in [1.807, 2.05) is 19.1 Å². The third-order valence-corrected chi connectivity index (χ3v) is 6.05. The Morgan fingerprint density at radius 1 is 1.36 bits per heavy atom. The summed E-state index contributed by atoms with van der Waals surface area (Å²) in [6.45, 7) is 9.48. The van der Waals surface area contributed by atoms with E-state index in [1.54, 1.807) is 11.7 Å². The number of ether oxygens (including phenoxy) is 2. The molecule has 1 N–H and O–H groups in total. The number of rotatable bonds is 6. The van der Waals surface area contributed by atoms with E-state index in [-0.39, 0.29) is 11.9 Å².